The third-order valence-electron chi connectivity index (χ3n) is 3.88. The van der Waals surface area contributed by atoms with Crippen LogP contribution >= 0.6 is 0 Å². The summed E-state index contributed by atoms with van der Waals surface area (Å²) in [4.78, 5) is 20.1. The molecular formula is C14H23N5O3S. The quantitative estimate of drug-likeness (QED) is 0.680. The Labute approximate surface area is 136 Å². The molecule has 128 valence electrons. The molecule has 1 amide bonds. The lowest BCUT2D eigenvalue weighted by molar-refractivity contribution is -0.126. The molecule has 8 nitrogen and oxygen atoms in total. The van der Waals surface area contributed by atoms with Crippen LogP contribution in [0.3, 0.4) is 0 Å². The predicted molar refractivity (Wildman–Crippen MR) is 87.3 cm³/mol. The van der Waals surface area contributed by atoms with E-state index in [9.17, 15) is 13.2 Å². The molecule has 0 saturated carbocycles. The topological polar surface area (TPSA) is 104 Å². The lowest BCUT2D eigenvalue weighted by Gasteiger charge is -2.30. The van der Waals surface area contributed by atoms with Gasteiger partial charge in [-0.3, -0.25) is 9.78 Å². The number of nitrogens with one attached hydrogen (secondary N) is 2. The van der Waals surface area contributed by atoms with Crippen molar-refractivity contribution in [3.63, 3.8) is 0 Å². The summed E-state index contributed by atoms with van der Waals surface area (Å²) in [6.07, 6.45) is 5.95. The van der Waals surface area contributed by atoms with Gasteiger partial charge in [0.25, 0.3) is 0 Å². The van der Waals surface area contributed by atoms with Gasteiger partial charge in [-0.2, -0.15) is 0 Å². The first-order valence-corrected chi connectivity index (χ1v) is 9.39. The lowest BCUT2D eigenvalue weighted by Crippen LogP contribution is -2.44. The second kappa shape index (κ2) is 8.21. The van der Waals surface area contributed by atoms with Gasteiger partial charge in [-0.1, -0.05) is 0 Å². The van der Waals surface area contributed by atoms with E-state index in [0.29, 0.717) is 44.8 Å². The van der Waals surface area contributed by atoms with Crippen molar-refractivity contribution < 1.29 is 13.2 Å². The molecule has 0 spiro atoms. The van der Waals surface area contributed by atoms with Crippen LogP contribution in [0, 0.1) is 5.92 Å². The molecule has 23 heavy (non-hydrogen) atoms. The summed E-state index contributed by atoms with van der Waals surface area (Å²) in [5, 5.41) is 5.93. The Kier molecular flexibility index (Phi) is 6.28. The van der Waals surface area contributed by atoms with Gasteiger partial charge in [-0.15, -0.1) is 0 Å². The number of anilines is 1. The molecule has 1 fully saturated rings. The average Bonchev–Trinajstić information content (AvgIpc) is 2.59. The largest absolute Gasteiger partial charge is 0.367 e. The SMILES string of the molecule is CCS(=O)(=O)N1CCC(C(=O)NCCNc2cnccn2)CC1. The van der Waals surface area contributed by atoms with Gasteiger partial charge < -0.3 is 10.6 Å². The van der Waals surface area contributed by atoms with Crippen LogP contribution in [0.15, 0.2) is 18.6 Å². The number of nitrogens with zero attached hydrogens (tertiary/aromatic N) is 3. The van der Waals surface area contributed by atoms with E-state index < -0.39 is 10.0 Å². The summed E-state index contributed by atoms with van der Waals surface area (Å²) in [5.41, 5.74) is 0. The van der Waals surface area contributed by atoms with Gasteiger partial charge in [0.15, 0.2) is 0 Å². The number of aromatic nitrogens is 2. The number of hydrogen-bond donors (Lipinski definition) is 2. The van der Waals surface area contributed by atoms with Crippen LogP contribution in [0.25, 0.3) is 0 Å². The number of piperidine rings is 1. The molecule has 0 atom stereocenters. The van der Waals surface area contributed by atoms with Crippen LogP contribution in [-0.2, 0) is 14.8 Å². The zero-order chi connectivity index (χ0) is 16.7. The highest BCUT2D eigenvalue weighted by molar-refractivity contribution is 7.89. The number of carbonyl (C=O) groups excluding carboxylic acids is 1. The first-order chi connectivity index (χ1) is 11.0. The van der Waals surface area contributed by atoms with Crippen LogP contribution in [0.1, 0.15) is 19.8 Å². The third-order valence-corrected chi connectivity index (χ3v) is 5.76. The normalized spacial score (nSPS) is 16.9. The summed E-state index contributed by atoms with van der Waals surface area (Å²) < 4.78 is 25.0. The first kappa shape index (κ1) is 17.6. The van der Waals surface area contributed by atoms with E-state index in [4.69, 9.17) is 0 Å². The average molecular weight is 341 g/mol. The van der Waals surface area contributed by atoms with Crippen molar-refractivity contribution in [1.82, 2.24) is 19.6 Å². The van der Waals surface area contributed by atoms with Crippen LogP contribution in [0.4, 0.5) is 5.82 Å². The molecule has 0 aromatic carbocycles. The summed E-state index contributed by atoms with van der Waals surface area (Å²) >= 11 is 0. The fourth-order valence-electron chi connectivity index (χ4n) is 2.49. The molecule has 0 aliphatic carbocycles. The minimum Gasteiger partial charge on any atom is -0.367 e. The highest BCUT2D eigenvalue weighted by Crippen LogP contribution is 2.19. The van der Waals surface area contributed by atoms with E-state index in [0.717, 1.165) is 0 Å². The third kappa shape index (κ3) is 5.14. The summed E-state index contributed by atoms with van der Waals surface area (Å²) in [7, 11) is -3.14. The molecule has 1 aliphatic heterocycles. The van der Waals surface area contributed by atoms with Crippen molar-refractivity contribution >= 4 is 21.7 Å². The number of rotatable bonds is 7. The van der Waals surface area contributed by atoms with E-state index in [2.05, 4.69) is 20.6 Å². The Balaban J connectivity index is 1.67. The van der Waals surface area contributed by atoms with E-state index in [1.54, 1.807) is 25.5 Å². The van der Waals surface area contributed by atoms with Crippen molar-refractivity contribution in [2.75, 3.05) is 37.2 Å². The molecule has 1 aromatic heterocycles. The van der Waals surface area contributed by atoms with E-state index in [-0.39, 0.29) is 17.6 Å². The summed E-state index contributed by atoms with van der Waals surface area (Å²) in [6.45, 7) is 3.53. The molecule has 2 rings (SSSR count). The van der Waals surface area contributed by atoms with Crippen molar-refractivity contribution in [3.8, 4) is 0 Å². The second-order valence-electron chi connectivity index (χ2n) is 5.38. The fraction of sp³-hybridized carbons (Fsp3) is 0.643. The second-order valence-corrected chi connectivity index (χ2v) is 7.64. The Bertz CT molecular complexity index is 600. The number of sulfonamides is 1. The maximum Gasteiger partial charge on any atom is 0.223 e. The van der Waals surface area contributed by atoms with Gasteiger partial charge in [-0.05, 0) is 19.8 Å². The minimum absolute atomic E-state index is 0.0144. The molecule has 0 bridgehead atoms. The van der Waals surface area contributed by atoms with Gasteiger partial charge in [0, 0.05) is 44.5 Å². The minimum atomic E-state index is -3.14. The Morgan fingerprint density at radius 2 is 2.04 bits per heavy atom. The summed E-state index contributed by atoms with van der Waals surface area (Å²) in [5.74, 6) is 0.645. The van der Waals surface area contributed by atoms with Gasteiger partial charge in [0.2, 0.25) is 15.9 Å². The molecule has 2 heterocycles. The highest BCUT2D eigenvalue weighted by atomic mass is 32.2. The Morgan fingerprint density at radius 3 is 2.65 bits per heavy atom. The van der Waals surface area contributed by atoms with Crippen molar-refractivity contribution in [3.05, 3.63) is 18.6 Å². The molecule has 1 aliphatic rings. The molecule has 1 aromatic rings. The first-order valence-electron chi connectivity index (χ1n) is 7.78. The van der Waals surface area contributed by atoms with Crippen molar-refractivity contribution in [1.29, 1.82) is 0 Å². The predicted octanol–water partition coefficient (Wildman–Crippen LogP) is 0.0664. The van der Waals surface area contributed by atoms with Crippen molar-refractivity contribution in [2.45, 2.75) is 19.8 Å². The zero-order valence-corrected chi connectivity index (χ0v) is 14.1. The van der Waals surface area contributed by atoms with Crippen LogP contribution in [0.2, 0.25) is 0 Å². The van der Waals surface area contributed by atoms with E-state index in [1.807, 2.05) is 0 Å². The Hall–Kier alpha value is -1.74. The van der Waals surface area contributed by atoms with E-state index in [1.165, 1.54) is 4.31 Å². The monoisotopic (exact) mass is 341 g/mol. The van der Waals surface area contributed by atoms with Gasteiger partial charge in [0.1, 0.15) is 5.82 Å². The van der Waals surface area contributed by atoms with Gasteiger partial charge >= 0.3 is 0 Å². The highest BCUT2D eigenvalue weighted by Gasteiger charge is 2.29. The molecule has 1 saturated heterocycles. The van der Waals surface area contributed by atoms with Gasteiger partial charge in [-0.25, -0.2) is 17.7 Å². The zero-order valence-electron chi connectivity index (χ0n) is 13.2. The maximum absolute atomic E-state index is 12.1. The smallest absolute Gasteiger partial charge is 0.223 e. The summed E-state index contributed by atoms with van der Waals surface area (Å²) in [6, 6.07) is 0. The maximum atomic E-state index is 12.1. The number of hydrogen-bond acceptors (Lipinski definition) is 6. The molecule has 0 radical (unpaired) electrons. The van der Waals surface area contributed by atoms with Crippen LogP contribution in [0.5, 0.6) is 0 Å². The molecule has 2 N–H and O–H groups in total. The molecule has 0 unspecified atom stereocenters. The van der Waals surface area contributed by atoms with Crippen molar-refractivity contribution in [2.24, 2.45) is 5.92 Å². The van der Waals surface area contributed by atoms with Crippen LogP contribution in [-0.4, -0.2) is 60.5 Å². The number of amides is 1. The fourth-order valence-corrected chi connectivity index (χ4v) is 3.62. The lowest BCUT2D eigenvalue weighted by atomic mass is 9.97. The van der Waals surface area contributed by atoms with Crippen LogP contribution < -0.4 is 10.6 Å². The standard InChI is InChI=1S/C14H23N5O3S/c1-2-23(21,22)19-9-3-12(4-10-19)14(20)18-8-7-17-13-11-15-5-6-16-13/h5-6,11-12H,2-4,7-10H2,1H3,(H,16,17)(H,18,20). The van der Waals surface area contributed by atoms with Gasteiger partial charge in [0.05, 0.1) is 11.9 Å². The van der Waals surface area contributed by atoms with E-state index >= 15 is 0 Å². The molecular weight excluding hydrogens is 318 g/mol. The number of carbonyl (C=O) groups is 1. The Morgan fingerprint density at radius 1 is 1.30 bits per heavy atom. The molecule has 9 heteroatoms.